The second-order valence-electron chi connectivity index (χ2n) is 3.77. The number of aromatic nitrogens is 2. The summed E-state index contributed by atoms with van der Waals surface area (Å²) >= 11 is 0. The Labute approximate surface area is 108 Å². The molecule has 1 aromatic carbocycles. The topological polar surface area (TPSA) is 98.0 Å². The van der Waals surface area contributed by atoms with E-state index in [1.165, 1.54) is 12.4 Å². The van der Waals surface area contributed by atoms with Gasteiger partial charge in [-0.05, 0) is 12.1 Å². The van der Waals surface area contributed by atoms with Crippen molar-refractivity contribution in [2.45, 2.75) is 0 Å². The summed E-state index contributed by atoms with van der Waals surface area (Å²) in [6, 6.07) is 9.25. The van der Waals surface area contributed by atoms with Crippen molar-refractivity contribution in [3.05, 3.63) is 42.4 Å². The molecule has 0 aliphatic heterocycles. The van der Waals surface area contributed by atoms with Crippen LogP contribution in [0.15, 0.2) is 41.1 Å². The van der Waals surface area contributed by atoms with Crippen LogP contribution in [0.4, 0.5) is 5.69 Å². The molecule has 0 atom stereocenters. The number of nitrogens with two attached hydrogens (primary N) is 1. The average Bonchev–Trinajstić information content (AvgIpc) is 2.79. The lowest BCUT2D eigenvalue weighted by atomic mass is 10.2. The number of nitriles is 1. The first-order valence-corrected chi connectivity index (χ1v) is 5.45. The molecule has 6 nitrogen and oxygen atoms in total. The summed E-state index contributed by atoms with van der Waals surface area (Å²) in [4.78, 5) is 7.85. The highest BCUT2D eigenvalue weighted by molar-refractivity contribution is 5.86. The Morgan fingerprint density at radius 2 is 1.95 bits per heavy atom. The van der Waals surface area contributed by atoms with Crippen LogP contribution in [0.1, 0.15) is 5.76 Å². The molecular formula is C13H8N4O2. The molecule has 0 unspecified atom stereocenters. The van der Waals surface area contributed by atoms with E-state index in [-0.39, 0.29) is 11.8 Å². The third kappa shape index (κ3) is 1.93. The van der Waals surface area contributed by atoms with Gasteiger partial charge >= 0.3 is 6.01 Å². The zero-order chi connectivity index (χ0) is 13.2. The number of anilines is 1. The van der Waals surface area contributed by atoms with Gasteiger partial charge in [-0.3, -0.25) is 0 Å². The molecule has 3 rings (SSSR count). The summed E-state index contributed by atoms with van der Waals surface area (Å²) in [7, 11) is 0. The SMILES string of the molecule is N#Cc1oc2ccccc2c1Oc1ncc(N)cn1. The molecule has 0 saturated heterocycles. The Morgan fingerprint density at radius 1 is 1.21 bits per heavy atom. The number of para-hydroxylation sites is 1. The molecule has 0 radical (unpaired) electrons. The van der Waals surface area contributed by atoms with Crippen LogP contribution < -0.4 is 10.5 Å². The van der Waals surface area contributed by atoms with Crippen LogP contribution in [0.3, 0.4) is 0 Å². The van der Waals surface area contributed by atoms with Crippen LogP contribution in [-0.4, -0.2) is 9.97 Å². The Morgan fingerprint density at radius 3 is 2.68 bits per heavy atom. The van der Waals surface area contributed by atoms with Crippen molar-refractivity contribution in [3.63, 3.8) is 0 Å². The molecule has 2 N–H and O–H groups in total. The maximum atomic E-state index is 9.06. The zero-order valence-corrected chi connectivity index (χ0v) is 9.70. The summed E-state index contributed by atoms with van der Waals surface area (Å²) in [6.45, 7) is 0. The van der Waals surface area contributed by atoms with Gasteiger partial charge in [-0.15, -0.1) is 0 Å². The molecule has 19 heavy (non-hydrogen) atoms. The van der Waals surface area contributed by atoms with Crippen molar-refractivity contribution in [1.82, 2.24) is 9.97 Å². The third-order valence-corrected chi connectivity index (χ3v) is 2.49. The monoisotopic (exact) mass is 252 g/mol. The first-order chi connectivity index (χ1) is 9.28. The van der Waals surface area contributed by atoms with E-state index in [9.17, 15) is 0 Å². The first kappa shape index (κ1) is 11.0. The van der Waals surface area contributed by atoms with E-state index in [0.29, 0.717) is 22.4 Å². The molecule has 0 aliphatic carbocycles. The zero-order valence-electron chi connectivity index (χ0n) is 9.70. The van der Waals surface area contributed by atoms with E-state index in [1.54, 1.807) is 12.1 Å². The highest BCUT2D eigenvalue weighted by atomic mass is 16.5. The van der Waals surface area contributed by atoms with Gasteiger partial charge in [-0.1, -0.05) is 12.1 Å². The predicted octanol–water partition coefficient (Wildman–Crippen LogP) is 2.47. The molecule has 2 aromatic heterocycles. The molecule has 0 bridgehead atoms. The van der Waals surface area contributed by atoms with Crippen LogP contribution in [0, 0.1) is 11.3 Å². The van der Waals surface area contributed by atoms with E-state index >= 15 is 0 Å². The molecule has 0 saturated carbocycles. The Bertz CT molecular complexity index is 771. The van der Waals surface area contributed by atoms with Crippen molar-refractivity contribution in [1.29, 1.82) is 5.26 Å². The van der Waals surface area contributed by atoms with E-state index in [0.717, 1.165) is 0 Å². The molecule has 0 amide bonds. The minimum atomic E-state index is 0.0848. The van der Waals surface area contributed by atoms with Crippen molar-refractivity contribution >= 4 is 16.7 Å². The Balaban J connectivity index is 2.09. The van der Waals surface area contributed by atoms with E-state index < -0.39 is 0 Å². The molecular weight excluding hydrogens is 244 g/mol. The third-order valence-electron chi connectivity index (χ3n) is 2.49. The van der Waals surface area contributed by atoms with Gasteiger partial charge in [-0.25, -0.2) is 9.97 Å². The minimum absolute atomic E-state index is 0.0848. The summed E-state index contributed by atoms with van der Waals surface area (Å²) in [6.07, 6.45) is 2.85. The van der Waals surface area contributed by atoms with Gasteiger partial charge in [0.1, 0.15) is 11.7 Å². The van der Waals surface area contributed by atoms with Crippen LogP contribution in [0.2, 0.25) is 0 Å². The second-order valence-corrected chi connectivity index (χ2v) is 3.77. The van der Waals surface area contributed by atoms with Gasteiger partial charge in [0.05, 0.1) is 23.5 Å². The van der Waals surface area contributed by atoms with E-state index in [1.807, 2.05) is 18.2 Å². The van der Waals surface area contributed by atoms with E-state index in [4.69, 9.17) is 20.1 Å². The smallest absolute Gasteiger partial charge is 0.322 e. The number of fused-ring (bicyclic) bond motifs is 1. The van der Waals surface area contributed by atoms with Crippen LogP contribution in [-0.2, 0) is 0 Å². The lowest BCUT2D eigenvalue weighted by Gasteiger charge is -2.01. The molecule has 0 aliphatic rings. The maximum absolute atomic E-state index is 9.06. The number of hydrogen-bond donors (Lipinski definition) is 1. The second kappa shape index (κ2) is 4.31. The first-order valence-electron chi connectivity index (χ1n) is 5.45. The van der Waals surface area contributed by atoms with Gasteiger partial charge in [0.25, 0.3) is 0 Å². The maximum Gasteiger partial charge on any atom is 0.322 e. The molecule has 0 fully saturated rings. The van der Waals surface area contributed by atoms with Crippen molar-refractivity contribution < 1.29 is 9.15 Å². The molecule has 3 aromatic rings. The van der Waals surface area contributed by atoms with Crippen LogP contribution >= 0.6 is 0 Å². The lowest BCUT2D eigenvalue weighted by Crippen LogP contribution is -1.94. The number of nitrogens with zero attached hydrogens (tertiary/aromatic N) is 3. The van der Waals surface area contributed by atoms with Crippen molar-refractivity contribution in [2.75, 3.05) is 5.73 Å². The Hall–Kier alpha value is -3.07. The summed E-state index contributed by atoms with van der Waals surface area (Å²) in [5.41, 5.74) is 6.50. The van der Waals surface area contributed by atoms with Crippen molar-refractivity contribution in [3.8, 4) is 17.8 Å². The highest BCUT2D eigenvalue weighted by Gasteiger charge is 2.16. The standard InChI is InChI=1S/C13H8N4O2/c14-5-11-12(9-3-1-2-4-10(9)18-11)19-13-16-6-8(15)7-17-13/h1-4,6-7H,15H2. The number of nitrogen functional groups attached to an aromatic ring is 1. The number of ether oxygens (including phenoxy) is 1. The predicted molar refractivity (Wildman–Crippen MR) is 67.4 cm³/mol. The number of rotatable bonds is 2. The average molecular weight is 252 g/mol. The fraction of sp³-hybridized carbons (Fsp3) is 0. The van der Waals surface area contributed by atoms with Gasteiger partial charge in [0, 0.05) is 0 Å². The molecule has 92 valence electrons. The fourth-order valence-corrected chi connectivity index (χ4v) is 1.67. The van der Waals surface area contributed by atoms with Crippen LogP contribution in [0.25, 0.3) is 11.0 Å². The molecule has 0 spiro atoms. The lowest BCUT2D eigenvalue weighted by molar-refractivity contribution is 0.432. The number of benzene rings is 1. The van der Waals surface area contributed by atoms with Gasteiger partial charge in [0.2, 0.25) is 5.76 Å². The molecule has 6 heteroatoms. The quantitative estimate of drug-likeness (QED) is 0.752. The van der Waals surface area contributed by atoms with Gasteiger partial charge in [0.15, 0.2) is 5.75 Å². The van der Waals surface area contributed by atoms with Crippen LogP contribution in [0.5, 0.6) is 11.8 Å². The minimum Gasteiger partial charge on any atom is -0.442 e. The summed E-state index contributed by atoms with van der Waals surface area (Å²) < 4.78 is 10.9. The van der Waals surface area contributed by atoms with Crippen molar-refractivity contribution in [2.24, 2.45) is 0 Å². The van der Waals surface area contributed by atoms with Gasteiger partial charge in [-0.2, -0.15) is 5.26 Å². The largest absolute Gasteiger partial charge is 0.442 e. The van der Waals surface area contributed by atoms with Gasteiger partial charge < -0.3 is 14.9 Å². The molecule has 2 heterocycles. The van der Waals surface area contributed by atoms with E-state index in [2.05, 4.69) is 9.97 Å². The fourth-order valence-electron chi connectivity index (χ4n) is 1.67. The highest BCUT2D eigenvalue weighted by Crippen LogP contribution is 2.34. The summed E-state index contributed by atoms with van der Waals surface area (Å²) in [5, 5.41) is 9.75. The normalized spacial score (nSPS) is 10.3. The number of hydrogen-bond acceptors (Lipinski definition) is 6. The number of furan rings is 1. The summed E-state index contributed by atoms with van der Waals surface area (Å²) in [5.74, 6) is 0.393. The Kier molecular flexibility index (Phi) is 2.50.